The molecule has 3 aromatic rings. The van der Waals surface area contributed by atoms with Gasteiger partial charge in [-0.25, -0.2) is 9.37 Å². The van der Waals surface area contributed by atoms with Crippen LogP contribution in [0.15, 0.2) is 40.8 Å². The van der Waals surface area contributed by atoms with Gasteiger partial charge in [-0.1, -0.05) is 11.6 Å². The van der Waals surface area contributed by atoms with E-state index in [1.807, 2.05) is 12.1 Å². The van der Waals surface area contributed by atoms with Crippen LogP contribution in [-0.4, -0.2) is 48.1 Å². The van der Waals surface area contributed by atoms with Gasteiger partial charge in [0.25, 0.3) is 0 Å². The third-order valence-corrected chi connectivity index (χ3v) is 6.29. The molecule has 2 aromatic heterocycles. The van der Waals surface area contributed by atoms with Crippen LogP contribution in [0.1, 0.15) is 16.3 Å². The number of benzene rings is 1. The number of nitrogens with zero attached hydrogens (tertiary/aromatic N) is 2. The van der Waals surface area contributed by atoms with Crippen LogP contribution >= 0.6 is 22.9 Å². The zero-order chi connectivity index (χ0) is 21.8. The largest absolute Gasteiger partial charge is 0.441 e. The fraction of sp³-hybridized carbons (Fsp3) is 0.364. The average molecular weight is 464 g/mol. The molecule has 1 aliphatic heterocycles. The number of carbonyl (C=O) groups excluding carboxylic acids is 1. The Morgan fingerprint density at radius 3 is 2.87 bits per heavy atom. The molecule has 0 spiro atoms. The normalized spacial score (nSPS) is 17.1. The van der Waals surface area contributed by atoms with Crippen LogP contribution in [0.3, 0.4) is 0 Å². The van der Waals surface area contributed by atoms with Crippen LogP contribution in [0.25, 0.3) is 11.5 Å². The number of oxazole rings is 1. The second-order valence-electron chi connectivity index (χ2n) is 7.44. The summed E-state index contributed by atoms with van der Waals surface area (Å²) in [7, 11) is 0. The molecule has 1 N–H and O–H groups in total. The summed E-state index contributed by atoms with van der Waals surface area (Å²) in [4.78, 5) is 20.4. The molecule has 0 radical (unpaired) electrons. The van der Waals surface area contributed by atoms with Crippen LogP contribution in [0.4, 0.5) is 4.39 Å². The highest BCUT2D eigenvalue weighted by Gasteiger charge is 2.22. The number of nitrogens with one attached hydrogen (secondary N) is 1. The van der Waals surface area contributed by atoms with Gasteiger partial charge in [-0.3, -0.25) is 9.69 Å². The molecule has 1 saturated heterocycles. The SMILES string of the molecule is Cc1oc(-c2ccc(F)cc2)nc1CC(=O)NC[C@H]1CN(Cc2ccc(Cl)s2)CCO1. The van der Waals surface area contributed by atoms with Crippen molar-refractivity contribution in [1.82, 2.24) is 15.2 Å². The number of aromatic nitrogens is 1. The van der Waals surface area contributed by atoms with E-state index in [-0.39, 0.29) is 24.2 Å². The van der Waals surface area contributed by atoms with Crippen molar-refractivity contribution in [1.29, 1.82) is 0 Å². The molecule has 0 aliphatic carbocycles. The Hall–Kier alpha value is -2.26. The standard InChI is InChI=1S/C22H23ClFN3O3S/c1-14-19(26-22(30-14)15-2-4-16(24)5-3-15)10-21(28)25-11-17-12-27(8-9-29-17)13-18-6-7-20(23)31-18/h2-7,17H,8-13H2,1H3,(H,25,28)/t17-/m0/s1. The first kappa shape index (κ1) is 22.0. The summed E-state index contributed by atoms with van der Waals surface area (Å²) in [5, 5.41) is 2.93. The van der Waals surface area contributed by atoms with E-state index in [0.29, 0.717) is 36.1 Å². The molecule has 1 atom stereocenters. The van der Waals surface area contributed by atoms with Gasteiger partial charge in [0, 0.05) is 36.6 Å². The lowest BCUT2D eigenvalue weighted by Gasteiger charge is -2.32. The Balaban J connectivity index is 1.27. The van der Waals surface area contributed by atoms with E-state index in [4.69, 9.17) is 20.8 Å². The molecule has 3 heterocycles. The molecular weight excluding hydrogens is 441 g/mol. The molecule has 4 rings (SSSR count). The number of hydrogen-bond acceptors (Lipinski definition) is 6. The number of morpholine rings is 1. The van der Waals surface area contributed by atoms with Crippen molar-refractivity contribution >= 4 is 28.8 Å². The molecule has 9 heteroatoms. The first-order valence-electron chi connectivity index (χ1n) is 10.0. The highest BCUT2D eigenvalue weighted by Crippen LogP contribution is 2.24. The predicted molar refractivity (Wildman–Crippen MR) is 118 cm³/mol. The Morgan fingerprint density at radius 1 is 1.32 bits per heavy atom. The van der Waals surface area contributed by atoms with Gasteiger partial charge in [-0.15, -0.1) is 11.3 Å². The Kier molecular flexibility index (Phi) is 7.02. The van der Waals surface area contributed by atoms with Crippen LogP contribution in [0, 0.1) is 12.7 Å². The smallest absolute Gasteiger partial charge is 0.226 e. The summed E-state index contributed by atoms with van der Waals surface area (Å²) in [6.45, 7) is 5.25. The molecule has 1 aromatic carbocycles. The van der Waals surface area contributed by atoms with Gasteiger partial charge in [-0.2, -0.15) is 0 Å². The number of aryl methyl sites for hydroxylation is 1. The number of carbonyl (C=O) groups is 1. The van der Waals surface area contributed by atoms with Crippen LogP contribution in [-0.2, 0) is 22.5 Å². The van der Waals surface area contributed by atoms with Gasteiger partial charge >= 0.3 is 0 Å². The number of rotatable bonds is 7. The number of ether oxygens (including phenoxy) is 1. The van der Waals surface area contributed by atoms with Gasteiger partial charge in [0.05, 0.1) is 29.2 Å². The van der Waals surface area contributed by atoms with Gasteiger partial charge in [0.1, 0.15) is 11.6 Å². The summed E-state index contributed by atoms with van der Waals surface area (Å²) in [5.74, 6) is 0.478. The molecule has 31 heavy (non-hydrogen) atoms. The predicted octanol–water partition coefficient (Wildman–Crippen LogP) is 4.06. The van der Waals surface area contributed by atoms with E-state index in [1.165, 1.54) is 17.0 Å². The highest BCUT2D eigenvalue weighted by atomic mass is 35.5. The maximum absolute atomic E-state index is 13.1. The minimum absolute atomic E-state index is 0.0682. The quantitative estimate of drug-likeness (QED) is 0.572. The number of thiophene rings is 1. The van der Waals surface area contributed by atoms with E-state index >= 15 is 0 Å². The Bertz CT molecular complexity index is 1040. The van der Waals surface area contributed by atoms with Crippen molar-refractivity contribution in [2.24, 2.45) is 0 Å². The van der Waals surface area contributed by atoms with E-state index in [2.05, 4.69) is 15.2 Å². The van der Waals surface area contributed by atoms with E-state index < -0.39 is 0 Å². The van der Waals surface area contributed by atoms with Gasteiger partial charge in [-0.05, 0) is 43.3 Å². The molecule has 1 fully saturated rings. The molecule has 0 saturated carbocycles. The van der Waals surface area contributed by atoms with Crippen LogP contribution in [0.5, 0.6) is 0 Å². The van der Waals surface area contributed by atoms with Crippen molar-refractivity contribution in [3.8, 4) is 11.5 Å². The zero-order valence-corrected chi connectivity index (χ0v) is 18.6. The first-order chi connectivity index (χ1) is 15.0. The molecule has 1 aliphatic rings. The fourth-order valence-corrected chi connectivity index (χ4v) is 4.58. The van der Waals surface area contributed by atoms with Crippen LogP contribution in [0.2, 0.25) is 4.34 Å². The molecule has 0 bridgehead atoms. The maximum Gasteiger partial charge on any atom is 0.226 e. The first-order valence-corrected chi connectivity index (χ1v) is 11.2. The summed E-state index contributed by atoms with van der Waals surface area (Å²) in [6.07, 6.45) is 0.0435. The molecule has 164 valence electrons. The summed E-state index contributed by atoms with van der Waals surface area (Å²) < 4.78 is 25.4. The molecule has 1 amide bonds. The second kappa shape index (κ2) is 9.91. The monoisotopic (exact) mass is 463 g/mol. The van der Waals surface area contributed by atoms with Crippen molar-refractivity contribution in [3.05, 3.63) is 62.9 Å². The molecule has 6 nitrogen and oxygen atoms in total. The summed E-state index contributed by atoms with van der Waals surface area (Å²) >= 11 is 7.60. The van der Waals surface area contributed by atoms with Crippen LogP contribution < -0.4 is 5.32 Å². The second-order valence-corrected chi connectivity index (χ2v) is 9.24. The van der Waals surface area contributed by atoms with Crippen molar-refractivity contribution in [2.45, 2.75) is 26.0 Å². The van der Waals surface area contributed by atoms with Crippen molar-refractivity contribution in [2.75, 3.05) is 26.2 Å². The Labute approximate surface area is 189 Å². The summed E-state index contributed by atoms with van der Waals surface area (Å²) in [6, 6.07) is 9.85. The van der Waals surface area contributed by atoms with Gasteiger partial charge in [0.2, 0.25) is 11.8 Å². The molecular formula is C22H23ClFN3O3S. The topological polar surface area (TPSA) is 67.6 Å². The lowest BCUT2D eigenvalue weighted by atomic mass is 10.2. The average Bonchev–Trinajstić information content (AvgIpc) is 3.32. The third kappa shape index (κ3) is 5.92. The lowest BCUT2D eigenvalue weighted by Crippen LogP contribution is -2.47. The van der Waals surface area contributed by atoms with E-state index in [0.717, 1.165) is 24.0 Å². The Morgan fingerprint density at radius 2 is 2.13 bits per heavy atom. The number of halogens is 2. The minimum atomic E-state index is -0.325. The van der Waals surface area contributed by atoms with Crippen molar-refractivity contribution < 1.29 is 18.3 Å². The van der Waals surface area contributed by atoms with Gasteiger partial charge in [0.15, 0.2) is 0 Å². The van der Waals surface area contributed by atoms with Crippen molar-refractivity contribution in [3.63, 3.8) is 0 Å². The highest BCUT2D eigenvalue weighted by molar-refractivity contribution is 7.16. The van der Waals surface area contributed by atoms with Gasteiger partial charge < -0.3 is 14.5 Å². The summed E-state index contributed by atoms with van der Waals surface area (Å²) in [5.41, 5.74) is 1.23. The van der Waals surface area contributed by atoms with E-state index in [9.17, 15) is 9.18 Å². The molecule has 0 unspecified atom stereocenters. The van der Waals surface area contributed by atoms with E-state index in [1.54, 1.807) is 30.4 Å². The lowest BCUT2D eigenvalue weighted by molar-refractivity contribution is -0.121. The number of hydrogen-bond donors (Lipinski definition) is 1. The maximum atomic E-state index is 13.1. The minimum Gasteiger partial charge on any atom is -0.441 e. The zero-order valence-electron chi connectivity index (χ0n) is 17.1. The third-order valence-electron chi connectivity index (χ3n) is 5.07. The number of amides is 1. The fourth-order valence-electron chi connectivity index (χ4n) is 3.45.